The molecule has 1 fully saturated rings. The van der Waals surface area contributed by atoms with Crippen molar-refractivity contribution in [3.05, 3.63) is 59.7 Å². The first-order valence-electron chi connectivity index (χ1n) is 11.2. The topological polar surface area (TPSA) is 68.0 Å². The highest BCUT2D eigenvalue weighted by molar-refractivity contribution is 5.76. The van der Waals surface area contributed by atoms with Gasteiger partial charge >= 0.3 is 0 Å². The molecule has 166 valence electrons. The Balaban J connectivity index is 1.51. The van der Waals surface area contributed by atoms with Crippen molar-refractivity contribution in [2.24, 2.45) is 11.7 Å². The Labute approximate surface area is 184 Å². The molecule has 1 amide bonds. The minimum Gasteiger partial charge on any atom is -0.497 e. The Morgan fingerprint density at radius 1 is 1.13 bits per heavy atom. The minimum atomic E-state index is -0.244. The van der Waals surface area contributed by atoms with E-state index in [2.05, 4.69) is 46.2 Å². The first-order valence-corrected chi connectivity index (χ1v) is 11.2. The smallest absolute Gasteiger partial charge is 0.220 e. The van der Waals surface area contributed by atoms with E-state index in [4.69, 9.17) is 15.2 Å². The average Bonchev–Trinajstić information content (AvgIpc) is 2.82. The molecule has 2 aliphatic rings. The zero-order chi connectivity index (χ0) is 21.8. The lowest BCUT2D eigenvalue weighted by Gasteiger charge is -2.44. The van der Waals surface area contributed by atoms with Crippen molar-refractivity contribution in [3.8, 4) is 5.75 Å². The number of carbonyl (C=O) groups is 1. The van der Waals surface area contributed by atoms with Gasteiger partial charge in [-0.2, -0.15) is 0 Å². The predicted molar refractivity (Wildman–Crippen MR) is 122 cm³/mol. The number of rotatable bonds is 7. The molecule has 2 aromatic carbocycles. The Bertz CT molecular complexity index is 878. The molecule has 2 N–H and O–H groups in total. The summed E-state index contributed by atoms with van der Waals surface area (Å²) in [6, 6.07) is 16.9. The van der Waals surface area contributed by atoms with Crippen LogP contribution >= 0.6 is 0 Å². The zero-order valence-electron chi connectivity index (χ0n) is 18.5. The van der Waals surface area contributed by atoms with E-state index in [0.717, 1.165) is 45.0 Å². The zero-order valence-corrected chi connectivity index (χ0v) is 18.5. The summed E-state index contributed by atoms with van der Waals surface area (Å²) in [4.78, 5) is 16.8. The van der Waals surface area contributed by atoms with Crippen molar-refractivity contribution in [1.29, 1.82) is 0 Å². The summed E-state index contributed by atoms with van der Waals surface area (Å²) < 4.78 is 11.6. The molecule has 6 heteroatoms. The summed E-state index contributed by atoms with van der Waals surface area (Å²) >= 11 is 0. The van der Waals surface area contributed by atoms with Crippen molar-refractivity contribution in [2.75, 3.05) is 44.8 Å². The van der Waals surface area contributed by atoms with Gasteiger partial charge in [-0.05, 0) is 48.2 Å². The van der Waals surface area contributed by atoms with Crippen LogP contribution in [-0.4, -0.2) is 56.7 Å². The van der Waals surface area contributed by atoms with Crippen LogP contribution in [0.3, 0.4) is 0 Å². The van der Waals surface area contributed by atoms with Gasteiger partial charge in [-0.25, -0.2) is 0 Å². The molecule has 6 nitrogen and oxygen atoms in total. The monoisotopic (exact) mass is 423 g/mol. The van der Waals surface area contributed by atoms with Crippen molar-refractivity contribution >= 4 is 11.6 Å². The number of carbonyl (C=O) groups excluding carboxylic acids is 1. The van der Waals surface area contributed by atoms with E-state index in [-0.39, 0.29) is 24.0 Å². The van der Waals surface area contributed by atoms with Crippen LogP contribution in [0, 0.1) is 5.92 Å². The molecule has 2 aromatic rings. The fourth-order valence-corrected chi connectivity index (χ4v) is 4.79. The third kappa shape index (κ3) is 4.86. The normalized spacial score (nSPS) is 21.2. The van der Waals surface area contributed by atoms with Crippen molar-refractivity contribution in [1.82, 2.24) is 4.90 Å². The van der Waals surface area contributed by atoms with Crippen molar-refractivity contribution in [2.45, 2.75) is 31.9 Å². The van der Waals surface area contributed by atoms with E-state index in [1.807, 2.05) is 19.1 Å². The Hall–Kier alpha value is -2.57. The van der Waals surface area contributed by atoms with Gasteiger partial charge in [0, 0.05) is 43.8 Å². The van der Waals surface area contributed by atoms with Crippen molar-refractivity contribution in [3.63, 3.8) is 0 Å². The highest BCUT2D eigenvalue weighted by Gasteiger charge is 2.36. The number of hydrogen-bond acceptors (Lipinski definition) is 5. The molecular formula is C25H33N3O3. The maximum Gasteiger partial charge on any atom is 0.220 e. The Morgan fingerprint density at radius 3 is 2.52 bits per heavy atom. The van der Waals surface area contributed by atoms with Gasteiger partial charge in [0.25, 0.3) is 0 Å². The second-order valence-electron chi connectivity index (χ2n) is 8.57. The number of nitrogens with zero attached hydrogens (tertiary/aromatic N) is 2. The van der Waals surface area contributed by atoms with Gasteiger partial charge in [-0.3, -0.25) is 9.69 Å². The molecule has 0 saturated carbocycles. The molecule has 3 unspecified atom stereocenters. The van der Waals surface area contributed by atoms with Crippen LogP contribution in [0.5, 0.6) is 5.75 Å². The number of methoxy groups -OCH3 is 1. The molecule has 2 heterocycles. The minimum absolute atomic E-state index is 0.0284. The number of benzene rings is 2. The Kier molecular flexibility index (Phi) is 6.78. The van der Waals surface area contributed by atoms with Gasteiger partial charge in [0.15, 0.2) is 0 Å². The molecule has 3 atom stereocenters. The molecule has 0 bridgehead atoms. The molecular weight excluding hydrogens is 390 g/mol. The second-order valence-corrected chi connectivity index (χ2v) is 8.57. The molecule has 0 radical (unpaired) electrons. The van der Waals surface area contributed by atoms with Crippen LogP contribution in [0.25, 0.3) is 0 Å². The van der Waals surface area contributed by atoms with Crippen LogP contribution in [0.2, 0.25) is 0 Å². The van der Waals surface area contributed by atoms with E-state index in [9.17, 15) is 4.79 Å². The maximum absolute atomic E-state index is 11.9. The van der Waals surface area contributed by atoms with Gasteiger partial charge in [-0.1, -0.05) is 31.2 Å². The number of fused-ring (bicyclic) bond motifs is 1. The van der Waals surface area contributed by atoms with E-state index in [1.54, 1.807) is 7.11 Å². The summed E-state index contributed by atoms with van der Waals surface area (Å²) in [5, 5.41) is 0. The van der Waals surface area contributed by atoms with E-state index in [1.165, 1.54) is 16.8 Å². The summed E-state index contributed by atoms with van der Waals surface area (Å²) in [7, 11) is 1.69. The number of amides is 1. The third-order valence-corrected chi connectivity index (χ3v) is 6.68. The number of piperazine rings is 1. The number of ether oxygens (including phenoxy) is 2. The van der Waals surface area contributed by atoms with Crippen molar-refractivity contribution < 1.29 is 14.3 Å². The highest BCUT2D eigenvalue weighted by Crippen LogP contribution is 2.35. The van der Waals surface area contributed by atoms with Crippen LogP contribution < -0.4 is 15.4 Å². The molecule has 0 aromatic heterocycles. The number of nitrogens with two attached hydrogens (primary N) is 1. The fraction of sp³-hybridized carbons (Fsp3) is 0.480. The van der Waals surface area contributed by atoms with E-state index in [0.29, 0.717) is 6.42 Å². The van der Waals surface area contributed by atoms with Gasteiger partial charge < -0.3 is 20.1 Å². The van der Waals surface area contributed by atoms with Crippen LogP contribution in [0.15, 0.2) is 48.5 Å². The van der Waals surface area contributed by atoms with Gasteiger partial charge in [0.05, 0.1) is 19.8 Å². The fourth-order valence-electron chi connectivity index (χ4n) is 4.79. The molecule has 0 aliphatic carbocycles. The molecule has 31 heavy (non-hydrogen) atoms. The summed E-state index contributed by atoms with van der Waals surface area (Å²) in [5.74, 6) is 0.435. The van der Waals surface area contributed by atoms with Gasteiger partial charge in [-0.15, -0.1) is 0 Å². The van der Waals surface area contributed by atoms with Crippen LogP contribution in [-0.2, 0) is 16.0 Å². The SMILES string of the molecule is COc1ccc(N2CCN(C(CC(C)C(N)=O)C3OCCc4ccccc43)CC2)cc1. The number of anilines is 1. The lowest BCUT2D eigenvalue weighted by atomic mass is 9.87. The first-order chi connectivity index (χ1) is 15.1. The number of primary amides is 1. The highest BCUT2D eigenvalue weighted by atomic mass is 16.5. The van der Waals surface area contributed by atoms with E-state index < -0.39 is 0 Å². The van der Waals surface area contributed by atoms with Crippen LogP contribution in [0.4, 0.5) is 5.69 Å². The van der Waals surface area contributed by atoms with Gasteiger partial charge in [0.1, 0.15) is 5.75 Å². The summed E-state index contributed by atoms with van der Waals surface area (Å²) in [6.07, 6.45) is 1.62. The van der Waals surface area contributed by atoms with E-state index >= 15 is 0 Å². The molecule has 2 aliphatic heterocycles. The lowest BCUT2D eigenvalue weighted by molar-refractivity contribution is -0.122. The molecule has 0 spiro atoms. The Morgan fingerprint density at radius 2 is 1.84 bits per heavy atom. The van der Waals surface area contributed by atoms with Gasteiger partial charge in [0.2, 0.25) is 5.91 Å². The summed E-state index contributed by atoms with van der Waals surface area (Å²) in [6.45, 7) is 6.35. The summed E-state index contributed by atoms with van der Waals surface area (Å²) in [5.41, 5.74) is 9.46. The first kappa shape index (κ1) is 21.7. The standard InChI is InChI=1S/C25H33N3O3/c1-18(25(26)29)17-23(24-22-6-4-3-5-19(22)11-16-31-24)28-14-12-27(13-15-28)20-7-9-21(30-2)10-8-20/h3-10,18,23-24H,11-17H2,1-2H3,(H2,26,29). The molecule has 4 rings (SSSR count). The largest absolute Gasteiger partial charge is 0.497 e. The number of hydrogen-bond donors (Lipinski definition) is 1. The maximum atomic E-state index is 11.9. The molecule has 1 saturated heterocycles. The average molecular weight is 424 g/mol. The second kappa shape index (κ2) is 9.71. The lowest BCUT2D eigenvalue weighted by Crippen LogP contribution is -2.53. The predicted octanol–water partition coefficient (Wildman–Crippen LogP) is 3.01. The third-order valence-electron chi connectivity index (χ3n) is 6.68. The quantitative estimate of drug-likeness (QED) is 0.742. The van der Waals surface area contributed by atoms with Crippen LogP contribution in [0.1, 0.15) is 30.6 Å².